The Morgan fingerprint density at radius 3 is 2.84 bits per heavy atom. The SMILES string of the molecule is CN=C(NCc1ccnc(-n2cccn2)c1)NC1CCN(c2ccc(F)cc2F)C1.I. The van der Waals surface area contributed by atoms with Crippen molar-refractivity contribution in [2.45, 2.75) is 19.0 Å². The number of nitrogens with one attached hydrogen (secondary N) is 2. The van der Waals surface area contributed by atoms with E-state index in [0.29, 0.717) is 31.3 Å². The van der Waals surface area contributed by atoms with E-state index in [-0.39, 0.29) is 30.0 Å². The van der Waals surface area contributed by atoms with Crippen LogP contribution in [-0.4, -0.2) is 46.9 Å². The number of pyridine rings is 1. The second-order valence-corrected chi connectivity index (χ2v) is 7.07. The third-order valence-electron chi connectivity index (χ3n) is 5.01. The molecule has 3 aromatic rings. The summed E-state index contributed by atoms with van der Waals surface area (Å²) in [5, 5.41) is 10.9. The van der Waals surface area contributed by atoms with E-state index in [9.17, 15) is 8.78 Å². The first-order valence-electron chi connectivity index (χ1n) is 9.74. The van der Waals surface area contributed by atoms with Gasteiger partial charge in [-0.05, 0) is 42.3 Å². The Balaban J connectivity index is 0.00000272. The molecule has 0 bridgehead atoms. The zero-order chi connectivity index (χ0) is 20.9. The summed E-state index contributed by atoms with van der Waals surface area (Å²) in [6.45, 7) is 1.87. The highest BCUT2D eigenvalue weighted by Crippen LogP contribution is 2.24. The lowest BCUT2D eigenvalue weighted by atomic mass is 10.2. The van der Waals surface area contributed by atoms with Crippen LogP contribution in [0.25, 0.3) is 5.82 Å². The van der Waals surface area contributed by atoms with Crippen LogP contribution in [0.5, 0.6) is 0 Å². The van der Waals surface area contributed by atoms with Crippen molar-refractivity contribution in [3.8, 4) is 5.82 Å². The number of halogens is 3. The molecule has 0 spiro atoms. The summed E-state index contributed by atoms with van der Waals surface area (Å²) in [6, 6.07) is 9.54. The Morgan fingerprint density at radius 1 is 1.23 bits per heavy atom. The maximum absolute atomic E-state index is 14.1. The van der Waals surface area contributed by atoms with E-state index < -0.39 is 11.6 Å². The summed E-state index contributed by atoms with van der Waals surface area (Å²) in [5.74, 6) is 0.305. The van der Waals surface area contributed by atoms with Crippen molar-refractivity contribution in [2.75, 3.05) is 25.0 Å². The molecule has 1 atom stereocenters. The van der Waals surface area contributed by atoms with Crippen molar-refractivity contribution in [3.63, 3.8) is 0 Å². The van der Waals surface area contributed by atoms with Crippen LogP contribution in [0.3, 0.4) is 0 Å². The second kappa shape index (κ2) is 10.5. The zero-order valence-corrected chi connectivity index (χ0v) is 19.3. The van der Waals surface area contributed by atoms with Gasteiger partial charge in [0.2, 0.25) is 0 Å². The van der Waals surface area contributed by atoms with E-state index in [1.165, 1.54) is 12.1 Å². The highest BCUT2D eigenvalue weighted by molar-refractivity contribution is 14.0. The smallest absolute Gasteiger partial charge is 0.191 e. The monoisotopic (exact) mass is 539 g/mol. The van der Waals surface area contributed by atoms with E-state index in [0.717, 1.165) is 23.9 Å². The van der Waals surface area contributed by atoms with E-state index in [1.54, 1.807) is 24.1 Å². The quantitative estimate of drug-likeness (QED) is 0.297. The van der Waals surface area contributed by atoms with Gasteiger partial charge in [-0.1, -0.05) is 0 Å². The third-order valence-corrected chi connectivity index (χ3v) is 5.01. The predicted molar refractivity (Wildman–Crippen MR) is 127 cm³/mol. The minimum Gasteiger partial charge on any atom is -0.367 e. The molecule has 1 fully saturated rings. The fourth-order valence-corrected chi connectivity index (χ4v) is 3.51. The van der Waals surface area contributed by atoms with Crippen molar-refractivity contribution in [1.29, 1.82) is 0 Å². The number of hydrogen-bond acceptors (Lipinski definition) is 4. The van der Waals surface area contributed by atoms with E-state index in [4.69, 9.17) is 0 Å². The van der Waals surface area contributed by atoms with Gasteiger partial charge in [0.05, 0.1) is 5.69 Å². The van der Waals surface area contributed by atoms with Gasteiger partial charge in [0.15, 0.2) is 11.8 Å². The number of aromatic nitrogens is 3. The Bertz CT molecular complexity index is 1030. The van der Waals surface area contributed by atoms with Crippen molar-refractivity contribution in [2.24, 2.45) is 4.99 Å². The highest BCUT2D eigenvalue weighted by atomic mass is 127. The van der Waals surface area contributed by atoms with Crippen molar-refractivity contribution < 1.29 is 8.78 Å². The van der Waals surface area contributed by atoms with Crippen LogP contribution in [-0.2, 0) is 6.54 Å². The lowest BCUT2D eigenvalue weighted by Crippen LogP contribution is -2.44. The minimum atomic E-state index is -0.568. The number of hydrogen-bond donors (Lipinski definition) is 2. The van der Waals surface area contributed by atoms with Crippen LogP contribution < -0.4 is 15.5 Å². The Morgan fingerprint density at radius 2 is 2.10 bits per heavy atom. The van der Waals surface area contributed by atoms with Crippen molar-refractivity contribution in [3.05, 3.63) is 72.2 Å². The predicted octanol–water partition coefficient (Wildman–Crippen LogP) is 3.11. The van der Waals surface area contributed by atoms with Crippen molar-refractivity contribution >= 4 is 35.6 Å². The summed E-state index contributed by atoms with van der Waals surface area (Å²) in [5.41, 5.74) is 1.46. The van der Waals surface area contributed by atoms with Gasteiger partial charge in [0.25, 0.3) is 0 Å². The lowest BCUT2D eigenvalue weighted by Gasteiger charge is -2.21. The fraction of sp³-hybridized carbons (Fsp3) is 0.286. The molecular formula is C21H24F2IN7. The first-order valence-corrected chi connectivity index (χ1v) is 9.74. The van der Waals surface area contributed by atoms with Gasteiger partial charge in [0.1, 0.15) is 11.6 Å². The number of anilines is 1. The molecule has 2 N–H and O–H groups in total. The molecule has 3 heterocycles. The largest absolute Gasteiger partial charge is 0.367 e. The molecular weight excluding hydrogens is 515 g/mol. The molecule has 1 aliphatic heterocycles. The van der Waals surface area contributed by atoms with Crippen LogP contribution in [0.2, 0.25) is 0 Å². The maximum atomic E-state index is 14.1. The van der Waals surface area contributed by atoms with E-state index >= 15 is 0 Å². The van der Waals surface area contributed by atoms with Gasteiger partial charge in [0, 0.05) is 57.4 Å². The van der Waals surface area contributed by atoms with Crippen LogP contribution in [0.1, 0.15) is 12.0 Å². The molecule has 1 aliphatic rings. The molecule has 10 heteroatoms. The average Bonchev–Trinajstić information content (AvgIpc) is 3.44. The van der Waals surface area contributed by atoms with Gasteiger partial charge in [-0.15, -0.1) is 24.0 Å². The molecule has 0 aliphatic carbocycles. The first-order chi connectivity index (χ1) is 14.6. The molecule has 4 rings (SSSR count). The van der Waals surface area contributed by atoms with Crippen molar-refractivity contribution in [1.82, 2.24) is 25.4 Å². The summed E-state index contributed by atoms with van der Waals surface area (Å²) >= 11 is 0. The Hall–Kier alpha value is -2.76. The molecule has 0 radical (unpaired) electrons. The second-order valence-electron chi connectivity index (χ2n) is 7.07. The van der Waals surface area contributed by atoms with E-state index in [1.807, 2.05) is 29.3 Å². The van der Waals surface area contributed by atoms with Gasteiger partial charge < -0.3 is 15.5 Å². The maximum Gasteiger partial charge on any atom is 0.191 e. The molecule has 1 unspecified atom stereocenters. The third kappa shape index (κ3) is 5.69. The molecule has 1 aromatic carbocycles. The van der Waals surface area contributed by atoms with Crippen LogP contribution in [0.4, 0.5) is 14.5 Å². The fourth-order valence-electron chi connectivity index (χ4n) is 3.51. The molecule has 0 amide bonds. The van der Waals surface area contributed by atoms with Crippen LogP contribution in [0.15, 0.2) is 60.0 Å². The number of nitrogens with zero attached hydrogens (tertiary/aromatic N) is 5. The Labute approximate surface area is 196 Å². The molecule has 2 aromatic heterocycles. The lowest BCUT2D eigenvalue weighted by molar-refractivity contribution is 0.580. The number of rotatable bonds is 5. The highest BCUT2D eigenvalue weighted by Gasteiger charge is 2.25. The number of aliphatic imine (C=N–C) groups is 1. The van der Waals surface area contributed by atoms with Crippen LogP contribution >= 0.6 is 24.0 Å². The Kier molecular flexibility index (Phi) is 7.77. The van der Waals surface area contributed by atoms with Gasteiger partial charge in [-0.25, -0.2) is 18.4 Å². The minimum absolute atomic E-state index is 0. The van der Waals surface area contributed by atoms with Gasteiger partial charge >= 0.3 is 0 Å². The normalized spacial score (nSPS) is 16.2. The van der Waals surface area contributed by atoms with Gasteiger partial charge in [-0.2, -0.15) is 5.10 Å². The first kappa shape index (κ1) is 22.9. The summed E-state index contributed by atoms with van der Waals surface area (Å²) < 4.78 is 28.9. The number of guanidine groups is 1. The molecule has 0 saturated carbocycles. The molecule has 31 heavy (non-hydrogen) atoms. The summed E-state index contributed by atoms with van der Waals surface area (Å²) in [4.78, 5) is 10.5. The molecule has 7 nitrogen and oxygen atoms in total. The van der Waals surface area contributed by atoms with E-state index in [2.05, 4.69) is 25.7 Å². The topological polar surface area (TPSA) is 70.4 Å². The summed E-state index contributed by atoms with van der Waals surface area (Å²) in [7, 11) is 1.71. The number of benzene rings is 1. The molecule has 164 valence electrons. The average molecular weight is 539 g/mol. The molecule has 1 saturated heterocycles. The van der Waals surface area contributed by atoms with Gasteiger partial charge in [-0.3, -0.25) is 4.99 Å². The standard InChI is InChI=1S/C21H23F2N7.HI/c1-24-21(26-13-15-5-8-25-20(11-15)30-9-2-7-27-30)28-17-6-10-29(14-17)19-4-3-16(22)12-18(19)23;/h2-5,7-9,11-12,17H,6,10,13-14H2,1H3,(H2,24,26,28);1H. The summed E-state index contributed by atoms with van der Waals surface area (Å²) in [6.07, 6.45) is 6.13. The van der Waals surface area contributed by atoms with Crippen LogP contribution in [0, 0.1) is 11.6 Å². The zero-order valence-electron chi connectivity index (χ0n) is 17.0.